The number of hydrogen-bond donors (Lipinski definition) is 2. The van der Waals surface area contributed by atoms with Crippen LogP contribution in [0.3, 0.4) is 0 Å². The number of nitrogen functional groups attached to an aromatic ring is 1. The summed E-state index contributed by atoms with van der Waals surface area (Å²) >= 11 is 2.07. The maximum absolute atomic E-state index is 6.00. The van der Waals surface area contributed by atoms with E-state index in [1.54, 1.807) is 0 Å². The first kappa shape index (κ1) is 13.0. The first-order valence-electron chi connectivity index (χ1n) is 7.19. The van der Waals surface area contributed by atoms with Crippen LogP contribution in [0.5, 0.6) is 0 Å². The summed E-state index contributed by atoms with van der Waals surface area (Å²) in [4.78, 5) is 9.09. The molecule has 3 N–H and O–H groups in total. The fourth-order valence-electron chi connectivity index (χ4n) is 2.44. The summed E-state index contributed by atoms with van der Waals surface area (Å²) < 4.78 is 0. The SMILES string of the molecule is Cc1c(N)nc(C2CC2)nc1NCC1CCSCC1. The van der Waals surface area contributed by atoms with E-state index < -0.39 is 0 Å². The van der Waals surface area contributed by atoms with E-state index in [1.807, 2.05) is 6.92 Å². The molecule has 2 aliphatic rings. The normalized spacial score (nSPS) is 20.5. The quantitative estimate of drug-likeness (QED) is 0.886. The van der Waals surface area contributed by atoms with E-state index in [-0.39, 0.29) is 0 Å². The molecule has 0 aromatic carbocycles. The van der Waals surface area contributed by atoms with Crippen LogP contribution in [-0.2, 0) is 0 Å². The third-order valence-corrected chi connectivity index (χ3v) is 5.09. The lowest BCUT2D eigenvalue weighted by molar-refractivity contribution is 0.515. The molecule has 0 radical (unpaired) electrons. The number of rotatable bonds is 4. The van der Waals surface area contributed by atoms with Crippen molar-refractivity contribution in [2.75, 3.05) is 29.1 Å². The van der Waals surface area contributed by atoms with Gasteiger partial charge in [0.25, 0.3) is 0 Å². The molecule has 0 bridgehead atoms. The van der Waals surface area contributed by atoms with Crippen molar-refractivity contribution >= 4 is 23.4 Å². The van der Waals surface area contributed by atoms with Crippen LogP contribution in [0.25, 0.3) is 0 Å². The summed E-state index contributed by atoms with van der Waals surface area (Å²) in [6.45, 7) is 3.02. The highest BCUT2D eigenvalue weighted by atomic mass is 32.2. The summed E-state index contributed by atoms with van der Waals surface area (Å²) in [6.07, 6.45) is 5.04. The number of nitrogens with two attached hydrogens (primary N) is 1. The molecule has 19 heavy (non-hydrogen) atoms. The van der Waals surface area contributed by atoms with Gasteiger partial charge in [0.1, 0.15) is 17.5 Å². The first-order valence-corrected chi connectivity index (χ1v) is 8.35. The zero-order valence-electron chi connectivity index (χ0n) is 11.5. The van der Waals surface area contributed by atoms with E-state index >= 15 is 0 Å². The van der Waals surface area contributed by atoms with Gasteiger partial charge in [0, 0.05) is 18.0 Å². The van der Waals surface area contributed by atoms with Crippen LogP contribution in [0.2, 0.25) is 0 Å². The van der Waals surface area contributed by atoms with Gasteiger partial charge in [-0.25, -0.2) is 9.97 Å². The molecule has 0 unspecified atom stereocenters. The second-order valence-electron chi connectivity index (χ2n) is 5.65. The van der Waals surface area contributed by atoms with E-state index in [9.17, 15) is 0 Å². The topological polar surface area (TPSA) is 63.8 Å². The summed E-state index contributed by atoms with van der Waals surface area (Å²) in [5.74, 6) is 6.45. The van der Waals surface area contributed by atoms with Crippen LogP contribution in [0.15, 0.2) is 0 Å². The minimum Gasteiger partial charge on any atom is -0.383 e. The van der Waals surface area contributed by atoms with Gasteiger partial charge in [0.05, 0.1) is 0 Å². The van der Waals surface area contributed by atoms with E-state index in [0.717, 1.165) is 29.7 Å². The van der Waals surface area contributed by atoms with E-state index in [0.29, 0.717) is 11.7 Å². The molecule has 1 aliphatic carbocycles. The predicted molar refractivity (Wildman–Crippen MR) is 81.7 cm³/mol. The molecule has 0 atom stereocenters. The second-order valence-corrected chi connectivity index (χ2v) is 6.88. The largest absolute Gasteiger partial charge is 0.383 e. The van der Waals surface area contributed by atoms with Crippen molar-refractivity contribution in [3.63, 3.8) is 0 Å². The van der Waals surface area contributed by atoms with Gasteiger partial charge in [-0.3, -0.25) is 0 Å². The molecule has 104 valence electrons. The number of anilines is 2. The van der Waals surface area contributed by atoms with Gasteiger partial charge in [-0.15, -0.1) is 0 Å². The van der Waals surface area contributed by atoms with Gasteiger partial charge in [0.2, 0.25) is 0 Å². The molecule has 3 rings (SSSR count). The summed E-state index contributed by atoms with van der Waals surface area (Å²) in [6, 6.07) is 0. The van der Waals surface area contributed by atoms with Crippen molar-refractivity contribution in [3.05, 3.63) is 11.4 Å². The molecule has 0 amide bonds. The highest BCUT2D eigenvalue weighted by Gasteiger charge is 2.28. The molecule has 2 fully saturated rings. The Morgan fingerprint density at radius 2 is 1.95 bits per heavy atom. The number of aromatic nitrogens is 2. The molecule has 1 saturated heterocycles. The van der Waals surface area contributed by atoms with Crippen LogP contribution in [0.4, 0.5) is 11.6 Å². The fraction of sp³-hybridized carbons (Fsp3) is 0.714. The number of hydrogen-bond acceptors (Lipinski definition) is 5. The number of nitrogens with one attached hydrogen (secondary N) is 1. The molecule has 4 nitrogen and oxygen atoms in total. The third-order valence-electron chi connectivity index (χ3n) is 4.04. The maximum atomic E-state index is 6.00. The fourth-order valence-corrected chi connectivity index (χ4v) is 3.64. The van der Waals surface area contributed by atoms with Crippen LogP contribution < -0.4 is 11.1 Å². The van der Waals surface area contributed by atoms with Gasteiger partial charge >= 0.3 is 0 Å². The van der Waals surface area contributed by atoms with E-state index in [4.69, 9.17) is 5.73 Å². The molecular weight excluding hydrogens is 256 g/mol. The molecule has 0 spiro atoms. The standard InChI is InChI=1S/C14H22N4S/c1-9-12(15)17-14(11-2-3-11)18-13(9)16-8-10-4-6-19-7-5-10/h10-11H,2-8H2,1H3,(H3,15,16,17,18). The van der Waals surface area contributed by atoms with Gasteiger partial charge in [-0.05, 0) is 50.0 Å². The Bertz CT molecular complexity index is 453. The van der Waals surface area contributed by atoms with Gasteiger partial charge in [-0.1, -0.05) is 0 Å². The zero-order chi connectivity index (χ0) is 13.2. The van der Waals surface area contributed by atoms with Gasteiger partial charge in [0.15, 0.2) is 0 Å². The molecule has 1 saturated carbocycles. The summed E-state index contributed by atoms with van der Waals surface area (Å²) in [5, 5.41) is 3.51. The van der Waals surface area contributed by atoms with Crippen LogP contribution in [0.1, 0.15) is 43.0 Å². The first-order chi connectivity index (χ1) is 9.24. The number of thioether (sulfide) groups is 1. The summed E-state index contributed by atoms with van der Waals surface area (Å²) in [7, 11) is 0. The summed E-state index contributed by atoms with van der Waals surface area (Å²) in [5.41, 5.74) is 7.00. The molecular formula is C14H22N4S. The Morgan fingerprint density at radius 1 is 1.21 bits per heavy atom. The molecule has 1 aromatic rings. The Kier molecular flexibility index (Phi) is 3.82. The van der Waals surface area contributed by atoms with Crippen molar-refractivity contribution in [1.29, 1.82) is 0 Å². The van der Waals surface area contributed by atoms with Crippen molar-refractivity contribution in [1.82, 2.24) is 9.97 Å². The van der Waals surface area contributed by atoms with Crippen LogP contribution >= 0.6 is 11.8 Å². The number of nitrogens with zero attached hydrogens (tertiary/aromatic N) is 2. The lowest BCUT2D eigenvalue weighted by atomic mass is 10.0. The Balaban J connectivity index is 1.68. The van der Waals surface area contributed by atoms with Crippen molar-refractivity contribution in [3.8, 4) is 0 Å². The van der Waals surface area contributed by atoms with Crippen molar-refractivity contribution in [2.45, 2.75) is 38.5 Å². The third kappa shape index (κ3) is 3.14. The van der Waals surface area contributed by atoms with Crippen molar-refractivity contribution in [2.24, 2.45) is 5.92 Å². The molecule has 1 aromatic heterocycles. The van der Waals surface area contributed by atoms with Crippen LogP contribution in [-0.4, -0.2) is 28.0 Å². The average Bonchev–Trinajstić information content (AvgIpc) is 3.26. The Labute approximate surface area is 119 Å². The predicted octanol–water partition coefficient (Wildman–Crippen LogP) is 2.80. The lowest BCUT2D eigenvalue weighted by Gasteiger charge is -2.22. The lowest BCUT2D eigenvalue weighted by Crippen LogP contribution is -2.20. The highest BCUT2D eigenvalue weighted by Crippen LogP contribution is 2.39. The van der Waals surface area contributed by atoms with E-state index in [2.05, 4.69) is 27.0 Å². The van der Waals surface area contributed by atoms with Gasteiger partial charge < -0.3 is 11.1 Å². The monoisotopic (exact) mass is 278 g/mol. The zero-order valence-corrected chi connectivity index (χ0v) is 12.3. The van der Waals surface area contributed by atoms with Crippen LogP contribution in [0, 0.1) is 12.8 Å². The molecule has 5 heteroatoms. The minimum absolute atomic E-state index is 0.550. The van der Waals surface area contributed by atoms with Crippen molar-refractivity contribution < 1.29 is 0 Å². The maximum Gasteiger partial charge on any atom is 0.136 e. The average molecular weight is 278 g/mol. The Morgan fingerprint density at radius 3 is 2.63 bits per heavy atom. The minimum atomic E-state index is 0.550. The highest BCUT2D eigenvalue weighted by molar-refractivity contribution is 7.99. The Hall–Kier alpha value is -0.970. The van der Waals surface area contributed by atoms with Gasteiger partial charge in [-0.2, -0.15) is 11.8 Å². The van der Waals surface area contributed by atoms with E-state index in [1.165, 1.54) is 37.2 Å². The molecule has 1 aliphatic heterocycles. The smallest absolute Gasteiger partial charge is 0.136 e. The second kappa shape index (κ2) is 5.57. The molecule has 2 heterocycles.